The van der Waals surface area contributed by atoms with Crippen LogP contribution in [0.4, 0.5) is 18.9 Å². The van der Waals surface area contributed by atoms with Gasteiger partial charge in [0.1, 0.15) is 4.83 Å². The highest BCUT2D eigenvalue weighted by molar-refractivity contribution is 7.20. The summed E-state index contributed by atoms with van der Waals surface area (Å²) in [5.41, 5.74) is -0.272. The number of halogens is 3. The second kappa shape index (κ2) is 6.56. The van der Waals surface area contributed by atoms with Crippen molar-refractivity contribution in [2.24, 2.45) is 0 Å². The van der Waals surface area contributed by atoms with Gasteiger partial charge < -0.3 is 5.32 Å². The van der Waals surface area contributed by atoms with Gasteiger partial charge in [-0.1, -0.05) is 0 Å². The number of alkyl halides is 3. The smallest absolute Gasteiger partial charge is 0.321 e. The molecule has 0 saturated carbocycles. The van der Waals surface area contributed by atoms with Gasteiger partial charge in [0.05, 0.1) is 22.2 Å². The van der Waals surface area contributed by atoms with E-state index in [1.807, 2.05) is 6.92 Å². The van der Waals surface area contributed by atoms with Gasteiger partial charge in [0.25, 0.3) is 11.5 Å². The number of hydrogen-bond donors (Lipinski definition) is 1. The number of nitrogens with one attached hydrogen (secondary N) is 1. The molecule has 3 rings (SSSR count). The van der Waals surface area contributed by atoms with Crippen LogP contribution in [0.15, 0.2) is 35.4 Å². The molecule has 2 aromatic heterocycles. The number of thiophene rings is 1. The number of carbonyl (C=O) groups excluding carboxylic acids is 1. The van der Waals surface area contributed by atoms with E-state index >= 15 is 0 Å². The van der Waals surface area contributed by atoms with Gasteiger partial charge in [0, 0.05) is 12.2 Å². The zero-order valence-corrected chi connectivity index (χ0v) is 14.7. The number of benzene rings is 1. The van der Waals surface area contributed by atoms with Gasteiger partial charge >= 0.3 is 6.18 Å². The minimum absolute atomic E-state index is 0.222. The second-order valence-corrected chi connectivity index (χ2v) is 6.60. The molecule has 136 valence electrons. The summed E-state index contributed by atoms with van der Waals surface area (Å²) >= 11 is 1.08. The SMILES string of the molecule is CCn1cnc2sc(C(=O)Nc3ccc(C(F)(F)F)cc3)c(C)c2c1=O. The fraction of sp³-hybridized carbons (Fsp3) is 0.235. The normalized spacial score (nSPS) is 11.7. The van der Waals surface area contributed by atoms with Crippen LogP contribution >= 0.6 is 11.3 Å². The summed E-state index contributed by atoms with van der Waals surface area (Å²) in [5.74, 6) is -0.493. The molecule has 0 radical (unpaired) electrons. The first-order valence-corrected chi connectivity index (χ1v) is 8.51. The number of carbonyl (C=O) groups is 1. The van der Waals surface area contributed by atoms with E-state index in [1.54, 1.807) is 6.92 Å². The van der Waals surface area contributed by atoms with Crippen LogP contribution in [-0.2, 0) is 12.7 Å². The van der Waals surface area contributed by atoms with E-state index in [0.717, 1.165) is 23.5 Å². The number of hydrogen-bond acceptors (Lipinski definition) is 4. The van der Waals surface area contributed by atoms with Gasteiger partial charge in [-0.15, -0.1) is 11.3 Å². The molecule has 1 aromatic carbocycles. The van der Waals surface area contributed by atoms with E-state index in [1.165, 1.54) is 23.0 Å². The molecule has 0 unspecified atom stereocenters. The van der Waals surface area contributed by atoms with Crippen molar-refractivity contribution in [1.29, 1.82) is 0 Å². The van der Waals surface area contributed by atoms with Crippen molar-refractivity contribution in [3.05, 3.63) is 57.0 Å². The number of amides is 1. The standard InChI is InChI=1S/C17H14F3N3O2S/c1-3-23-8-21-15-12(16(23)25)9(2)13(26-15)14(24)22-11-6-4-10(5-7-11)17(18,19)20/h4-8H,3H2,1-2H3,(H,22,24). The van der Waals surface area contributed by atoms with Gasteiger partial charge in [-0.05, 0) is 43.7 Å². The zero-order chi connectivity index (χ0) is 19.1. The number of fused-ring (bicyclic) bond motifs is 1. The van der Waals surface area contributed by atoms with Crippen LogP contribution in [-0.4, -0.2) is 15.5 Å². The predicted octanol–water partition coefficient (Wildman–Crippen LogP) is 4.06. The number of aryl methyl sites for hydroxylation is 2. The van der Waals surface area contributed by atoms with Crippen LogP contribution in [0.3, 0.4) is 0 Å². The van der Waals surface area contributed by atoms with Crippen molar-refractivity contribution in [2.45, 2.75) is 26.6 Å². The maximum absolute atomic E-state index is 12.6. The van der Waals surface area contributed by atoms with Crippen LogP contribution < -0.4 is 10.9 Å². The maximum atomic E-state index is 12.6. The highest BCUT2D eigenvalue weighted by Crippen LogP contribution is 2.31. The monoisotopic (exact) mass is 381 g/mol. The molecule has 2 heterocycles. The zero-order valence-electron chi connectivity index (χ0n) is 13.8. The molecule has 1 amide bonds. The van der Waals surface area contributed by atoms with Crippen LogP contribution in [0.2, 0.25) is 0 Å². The molecule has 0 aliphatic carbocycles. The summed E-state index contributed by atoms with van der Waals surface area (Å²) in [5, 5.41) is 2.94. The third kappa shape index (κ3) is 3.22. The van der Waals surface area contributed by atoms with Gasteiger partial charge in [0.2, 0.25) is 0 Å². The predicted molar refractivity (Wildman–Crippen MR) is 93.7 cm³/mol. The Labute approximate surface area is 150 Å². The molecule has 9 heteroatoms. The quantitative estimate of drug-likeness (QED) is 0.744. The van der Waals surface area contributed by atoms with Crippen LogP contribution in [0, 0.1) is 6.92 Å². The molecule has 5 nitrogen and oxygen atoms in total. The first-order valence-electron chi connectivity index (χ1n) is 7.69. The van der Waals surface area contributed by atoms with Gasteiger partial charge in [-0.2, -0.15) is 13.2 Å². The Morgan fingerprint density at radius 1 is 1.27 bits per heavy atom. The highest BCUT2D eigenvalue weighted by atomic mass is 32.1. The van der Waals surface area contributed by atoms with Crippen molar-refractivity contribution in [3.8, 4) is 0 Å². The average molecular weight is 381 g/mol. The second-order valence-electron chi connectivity index (χ2n) is 5.60. The third-order valence-electron chi connectivity index (χ3n) is 3.93. The molecule has 0 aliphatic rings. The lowest BCUT2D eigenvalue weighted by molar-refractivity contribution is -0.137. The molecule has 1 N–H and O–H groups in total. The number of nitrogens with zero attached hydrogens (tertiary/aromatic N) is 2. The molecule has 26 heavy (non-hydrogen) atoms. The number of aromatic nitrogens is 2. The Morgan fingerprint density at radius 2 is 1.92 bits per heavy atom. The van der Waals surface area contributed by atoms with Crippen molar-refractivity contribution in [3.63, 3.8) is 0 Å². The van der Waals surface area contributed by atoms with E-state index in [2.05, 4.69) is 10.3 Å². The summed E-state index contributed by atoms with van der Waals surface area (Å²) < 4.78 is 39.2. The van der Waals surface area contributed by atoms with E-state index in [0.29, 0.717) is 27.2 Å². The molecular formula is C17H14F3N3O2S. The lowest BCUT2D eigenvalue weighted by Crippen LogP contribution is -2.19. The molecule has 0 bridgehead atoms. The maximum Gasteiger partial charge on any atom is 0.416 e. The number of rotatable bonds is 3. The summed E-state index contributed by atoms with van der Waals surface area (Å²) in [4.78, 5) is 29.8. The van der Waals surface area contributed by atoms with Gasteiger partial charge in [-0.25, -0.2) is 4.98 Å². The third-order valence-corrected chi connectivity index (χ3v) is 5.13. The van der Waals surface area contributed by atoms with E-state index in [9.17, 15) is 22.8 Å². The average Bonchev–Trinajstić information content (AvgIpc) is 2.92. The fourth-order valence-corrected chi connectivity index (χ4v) is 3.57. The van der Waals surface area contributed by atoms with Crippen LogP contribution in [0.25, 0.3) is 10.2 Å². The lowest BCUT2D eigenvalue weighted by atomic mass is 10.2. The molecule has 0 spiro atoms. The van der Waals surface area contributed by atoms with E-state index in [-0.39, 0.29) is 11.2 Å². The van der Waals surface area contributed by atoms with Crippen LogP contribution in [0.5, 0.6) is 0 Å². The Hall–Kier alpha value is -2.68. The van der Waals surface area contributed by atoms with E-state index in [4.69, 9.17) is 0 Å². The highest BCUT2D eigenvalue weighted by Gasteiger charge is 2.30. The Kier molecular flexibility index (Phi) is 4.57. The van der Waals surface area contributed by atoms with Crippen molar-refractivity contribution in [1.82, 2.24) is 9.55 Å². The Bertz CT molecular complexity index is 1040. The van der Waals surface area contributed by atoms with Crippen LogP contribution in [0.1, 0.15) is 27.7 Å². The van der Waals surface area contributed by atoms with Crippen molar-refractivity contribution >= 4 is 33.1 Å². The summed E-state index contributed by atoms with van der Waals surface area (Å²) in [6.45, 7) is 3.93. The Morgan fingerprint density at radius 3 is 2.50 bits per heavy atom. The largest absolute Gasteiger partial charge is 0.416 e. The minimum Gasteiger partial charge on any atom is -0.321 e. The molecular weight excluding hydrogens is 367 g/mol. The lowest BCUT2D eigenvalue weighted by Gasteiger charge is -2.08. The summed E-state index contributed by atoms with van der Waals surface area (Å²) in [6.07, 6.45) is -3.01. The topological polar surface area (TPSA) is 64.0 Å². The molecule has 0 aliphatic heterocycles. The summed E-state index contributed by atoms with van der Waals surface area (Å²) in [6, 6.07) is 4.17. The fourth-order valence-electron chi connectivity index (χ4n) is 2.53. The molecule has 0 atom stereocenters. The first-order chi connectivity index (χ1) is 12.2. The van der Waals surface area contributed by atoms with Gasteiger partial charge in [-0.3, -0.25) is 14.2 Å². The first kappa shape index (κ1) is 18.1. The van der Waals surface area contributed by atoms with E-state index < -0.39 is 17.6 Å². The molecule has 0 saturated heterocycles. The molecule has 3 aromatic rings. The van der Waals surface area contributed by atoms with Crippen molar-refractivity contribution in [2.75, 3.05) is 5.32 Å². The number of anilines is 1. The Balaban J connectivity index is 1.92. The minimum atomic E-state index is -4.44. The molecule has 0 fully saturated rings. The van der Waals surface area contributed by atoms with Gasteiger partial charge in [0.15, 0.2) is 0 Å². The summed E-state index contributed by atoms with van der Waals surface area (Å²) in [7, 11) is 0. The van der Waals surface area contributed by atoms with Crippen molar-refractivity contribution < 1.29 is 18.0 Å².